The third-order valence-electron chi connectivity index (χ3n) is 4.06. The molecule has 2 rings (SSSR count). The van der Waals surface area contributed by atoms with Crippen molar-refractivity contribution in [2.45, 2.75) is 39.2 Å². The highest BCUT2D eigenvalue weighted by Gasteiger charge is 2.47. The molecule has 0 aromatic rings. The molecule has 1 atom stereocenters. The van der Waals surface area contributed by atoms with Crippen molar-refractivity contribution < 1.29 is 4.79 Å². The summed E-state index contributed by atoms with van der Waals surface area (Å²) >= 11 is 0. The van der Waals surface area contributed by atoms with Crippen molar-refractivity contribution in [1.29, 1.82) is 0 Å². The van der Waals surface area contributed by atoms with Crippen LogP contribution in [0, 0.1) is 5.41 Å². The molecule has 1 amide bonds. The SMILES string of the molecule is CC(C)N1CCC[C@]2(CCN(C)C2=O)C1. The number of rotatable bonds is 1. The van der Waals surface area contributed by atoms with Gasteiger partial charge in [-0.1, -0.05) is 0 Å². The highest BCUT2D eigenvalue weighted by Crippen LogP contribution is 2.39. The number of carbonyl (C=O) groups is 1. The summed E-state index contributed by atoms with van der Waals surface area (Å²) in [5.41, 5.74) is -0.0305. The quantitative estimate of drug-likeness (QED) is 0.652. The minimum Gasteiger partial charge on any atom is -0.345 e. The molecule has 0 bridgehead atoms. The first-order chi connectivity index (χ1) is 7.05. The van der Waals surface area contributed by atoms with E-state index in [1.54, 1.807) is 0 Å². The third kappa shape index (κ3) is 1.78. The minimum absolute atomic E-state index is 0.0305. The summed E-state index contributed by atoms with van der Waals surface area (Å²) in [6.45, 7) is 7.54. The van der Waals surface area contributed by atoms with Gasteiger partial charge in [-0.3, -0.25) is 9.69 Å². The molecule has 1 spiro atoms. The molecule has 0 N–H and O–H groups in total. The van der Waals surface area contributed by atoms with Gasteiger partial charge in [-0.15, -0.1) is 0 Å². The Labute approximate surface area is 92.4 Å². The van der Waals surface area contributed by atoms with Crippen LogP contribution in [-0.2, 0) is 4.79 Å². The van der Waals surface area contributed by atoms with Crippen LogP contribution in [-0.4, -0.2) is 48.4 Å². The van der Waals surface area contributed by atoms with Crippen LogP contribution in [0.1, 0.15) is 33.1 Å². The molecule has 2 aliphatic heterocycles. The number of hydrogen-bond acceptors (Lipinski definition) is 2. The van der Waals surface area contributed by atoms with E-state index in [9.17, 15) is 4.79 Å². The number of piperidine rings is 1. The summed E-state index contributed by atoms with van der Waals surface area (Å²) in [5.74, 6) is 0.382. The smallest absolute Gasteiger partial charge is 0.229 e. The number of likely N-dealkylation sites (tertiary alicyclic amines) is 2. The highest BCUT2D eigenvalue weighted by molar-refractivity contribution is 5.85. The van der Waals surface area contributed by atoms with Crippen molar-refractivity contribution in [3.05, 3.63) is 0 Å². The van der Waals surface area contributed by atoms with Crippen LogP contribution in [0.15, 0.2) is 0 Å². The van der Waals surface area contributed by atoms with E-state index in [0.717, 1.165) is 32.5 Å². The number of amides is 1. The maximum Gasteiger partial charge on any atom is 0.229 e. The lowest BCUT2D eigenvalue weighted by Gasteiger charge is -2.40. The van der Waals surface area contributed by atoms with E-state index in [0.29, 0.717) is 11.9 Å². The third-order valence-corrected chi connectivity index (χ3v) is 4.06. The fourth-order valence-corrected chi connectivity index (χ4v) is 2.98. The average molecular weight is 210 g/mol. The van der Waals surface area contributed by atoms with Gasteiger partial charge in [0.05, 0.1) is 5.41 Å². The minimum atomic E-state index is -0.0305. The van der Waals surface area contributed by atoms with E-state index < -0.39 is 0 Å². The van der Waals surface area contributed by atoms with Gasteiger partial charge in [-0.25, -0.2) is 0 Å². The van der Waals surface area contributed by atoms with Crippen LogP contribution in [0.25, 0.3) is 0 Å². The first-order valence-electron chi connectivity index (χ1n) is 6.05. The van der Waals surface area contributed by atoms with Crippen LogP contribution in [0.4, 0.5) is 0 Å². The van der Waals surface area contributed by atoms with Crippen molar-refractivity contribution in [2.24, 2.45) is 5.41 Å². The Morgan fingerprint density at radius 2 is 2.00 bits per heavy atom. The van der Waals surface area contributed by atoms with E-state index in [-0.39, 0.29) is 5.41 Å². The molecule has 2 fully saturated rings. The summed E-state index contributed by atoms with van der Waals surface area (Å²) in [5, 5.41) is 0. The van der Waals surface area contributed by atoms with E-state index in [2.05, 4.69) is 18.7 Å². The molecule has 0 saturated carbocycles. The van der Waals surface area contributed by atoms with Crippen molar-refractivity contribution in [2.75, 3.05) is 26.7 Å². The molecule has 15 heavy (non-hydrogen) atoms. The Balaban J connectivity index is 2.12. The lowest BCUT2D eigenvalue weighted by molar-refractivity contribution is -0.138. The van der Waals surface area contributed by atoms with Gasteiger partial charge in [0, 0.05) is 26.2 Å². The van der Waals surface area contributed by atoms with Crippen molar-refractivity contribution >= 4 is 5.91 Å². The van der Waals surface area contributed by atoms with Gasteiger partial charge in [0.15, 0.2) is 0 Å². The second-order valence-electron chi connectivity index (χ2n) is 5.42. The molecule has 0 radical (unpaired) electrons. The van der Waals surface area contributed by atoms with Gasteiger partial charge >= 0.3 is 0 Å². The second kappa shape index (κ2) is 3.78. The van der Waals surface area contributed by atoms with Crippen LogP contribution in [0.3, 0.4) is 0 Å². The van der Waals surface area contributed by atoms with E-state index in [1.165, 1.54) is 6.42 Å². The summed E-state index contributed by atoms with van der Waals surface area (Å²) in [6.07, 6.45) is 3.34. The monoisotopic (exact) mass is 210 g/mol. The first kappa shape index (κ1) is 10.9. The lowest BCUT2D eigenvalue weighted by Crippen LogP contribution is -2.49. The molecular weight excluding hydrogens is 188 g/mol. The standard InChI is InChI=1S/C12H22N2O/c1-10(2)14-7-4-5-12(9-14)6-8-13(3)11(12)15/h10H,4-9H2,1-3H3/t12-/m0/s1. The zero-order valence-electron chi connectivity index (χ0n) is 10.1. The van der Waals surface area contributed by atoms with Gasteiger partial charge in [-0.2, -0.15) is 0 Å². The van der Waals surface area contributed by atoms with Gasteiger partial charge < -0.3 is 4.90 Å². The molecule has 2 heterocycles. The molecular formula is C12H22N2O. The molecule has 3 heteroatoms. The summed E-state index contributed by atoms with van der Waals surface area (Å²) < 4.78 is 0. The summed E-state index contributed by atoms with van der Waals surface area (Å²) in [6, 6.07) is 0.570. The van der Waals surface area contributed by atoms with E-state index in [4.69, 9.17) is 0 Å². The largest absolute Gasteiger partial charge is 0.345 e. The van der Waals surface area contributed by atoms with Crippen molar-refractivity contribution in [3.8, 4) is 0 Å². The molecule has 86 valence electrons. The maximum atomic E-state index is 12.1. The number of carbonyl (C=O) groups excluding carboxylic acids is 1. The van der Waals surface area contributed by atoms with Crippen LogP contribution in [0.2, 0.25) is 0 Å². The predicted molar refractivity (Wildman–Crippen MR) is 60.6 cm³/mol. The zero-order chi connectivity index (χ0) is 11.1. The number of nitrogens with zero attached hydrogens (tertiary/aromatic N) is 2. The molecule has 0 aliphatic carbocycles. The summed E-state index contributed by atoms with van der Waals surface area (Å²) in [4.78, 5) is 16.5. The molecule has 3 nitrogen and oxygen atoms in total. The van der Waals surface area contributed by atoms with E-state index in [1.807, 2.05) is 11.9 Å². The Morgan fingerprint density at radius 1 is 1.27 bits per heavy atom. The fourth-order valence-electron chi connectivity index (χ4n) is 2.98. The lowest BCUT2D eigenvalue weighted by atomic mass is 9.78. The zero-order valence-corrected chi connectivity index (χ0v) is 10.1. The van der Waals surface area contributed by atoms with Gasteiger partial charge in [-0.05, 0) is 39.7 Å². The Morgan fingerprint density at radius 3 is 2.53 bits per heavy atom. The normalized spacial score (nSPS) is 33.3. The molecule has 0 aromatic heterocycles. The maximum absolute atomic E-state index is 12.1. The van der Waals surface area contributed by atoms with Gasteiger partial charge in [0.2, 0.25) is 5.91 Å². The Bertz CT molecular complexity index is 260. The van der Waals surface area contributed by atoms with Crippen LogP contribution in [0.5, 0.6) is 0 Å². The second-order valence-corrected chi connectivity index (χ2v) is 5.42. The molecule has 2 aliphatic rings. The van der Waals surface area contributed by atoms with Crippen molar-refractivity contribution in [1.82, 2.24) is 9.80 Å². The average Bonchev–Trinajstić information content (AvgIpc) is 2.48. The highest BCUT2D eigenvalue weighted by atomic mass is 16.2. The summed E-state index contributed by atoms with van der Waals surface area (Å²) in [7, 11) is 1.94. The Hall–Kier alpha value is -0.570. The molecule has 2 saturated heterocycles. The van der Waals surface area contributed by atoms with E-state index >= 15 is 0 Å². The first-order valence-corrected chi connectivity index (χ1v) is 6.05. The molecule has 0 unspecified atom stereocenters. The van der Waals surface area contributed by atoms with Crippen LogP contribution < -0.4 is 0 Å². The number of hydrogen-bond donors (Lipinski definition) is 0. The molecule has 0 aromatic carbocycles. The Kier molecular flexibility index (Phi) is 2.75. The van der Waals surface area contributed by atoms with Crippen molar-refractivity contribution in [3.63, 3.8) is 0 Å². The van der Waals surface area contributed by atoms with Gasteiger partial charge in [0.25, 0.3) is 0 Å². The predicted octanol–water partition coefficient (Wildman–Crippen LogP) is 1.34. The van der Waals surface area contributed by atoms with Gasteiger partial charge in [0.1, 0.15) is 0 Å². The van der Waals surface area contributed by atoms with Crippen LogP contribution >= 0.6 is 0 Å². The fraction of sp³-hybridized carbons (Fsp3) is 0.917. The topological polar surface area (TPSA) is 23.6 Å².